The third-order valence-electron chi connectivity index (χ3n) is 3.61. The fourth-order valence-electron chi connectivity index (χ4n) is 2.51. The van der Waals surface area contributed by atoms with Crippen LogP contribution in [0.5, 0.6) is 5.75 Å². The van der Waals surface area contributed by atoms with Crippen LogP contribution < -0.4 is 4.74 Å². The molecular weight excluding hydrogens is 320 g/mol. The van der Waals surface area contributed by atoms with Gasteiger partial charge in [-0.25, -0.2) is 0 Å². The first-order valence-corrected chi connectivity index (χ1v) is 7.31. The lowest BCUT2D eigenvalue weighted by atomic mass is 10.0. The maximum Gasteiger partial charge on any atom is 0.179 e. The van der Waals surface area contributed by atoms with Crippen LogP contribution in [0.3, 0.4) is 0 Å². The molecule has 2 aromatic rings. The standard InChI is InChI=1S/C15H15BrN2O2/c1-9-15(16)11(18(2)17-9)8-12(19)14-7-10-5-3-4-6-13(10)20-14/h3-6,14H,7-8H2,1-2H3. The zero-order chi connectivity index (χ0) is 14.3. The normalized spacial score (nSPS) is 16.9. The monoisotopic (exact) mass is 334 g/mol. The van der Waals surface area contributed by atoms with E-state index in [2.05, 4.69) is 21.0 Å². The Morgan fingerprint density at radius 3 is 2.90 bits per heavy atom. The molecule has 4 nitrogen and oxygen atoms in total. The summed E-state index contributed by atoms with van der Waals surface area (Å²) in [6, 6.07) is 7.81. The molecule has 0 amide bonds. The van der Waals surface area contributed by atoms with Crippen LogP contribution in [0, 0.1) is 6.92 Å². The Kier molecular flexibility index (Phi) is 3.38. The molecule has 2 heterocycles. The highest BCUT2D eigenvalue weighted by atomic mass is 79.9. The largest absolute Gasteiger partial charge is 0.482 e. The Bertz CT molecular complexity index is 654. The fraction of sp³-hybridized carbons (Fsp3) is 0.333. The lowest BCUT2D eigenvalue weighted by Crippen LogP contribution is -2.27. The molecule has 0 fully saturated rings. The molecule has 0 aliphatic carbocycles. The van der Waals surface area contributed by atoms with E-state index in [9.17, 15) is 4.79 Å². The van der Waals surface area contributed by atoms with Crippen LogP contribution in [-0.2, 0) is 24.7 Å². The highest BCUT2D eigenvalue weighted by molar-refractivity contribution is 9.10. The number of carbonyl (C=O) groups excluding carboxylic acids is 1. The van der Waals surface area contributed by atoms with Crippen molar-refractivity contribution in [1.29, 1.82) is 0 Å². The zero-order valence-electron chi connectivity index (χ0n) is 11.4. The Labute approximate surface area is 125 Å². The summed E-state index contributed by atoms with van der Waals surface area (Å²) in [6.07, 6.45) is 0.606. The van der Waals surface area contributed by atoms with E-state index in [1.165, 1.54) is 0 Å². The number of hydrogen-bond donors (Lipinski definition) is 0. The van der Waals surface area contributed by atoms with E-state index in [0.29, 0.717) is 12.8 Å². The lowest BCUT2D eigenvalue weighted by molar-refractivity contribution is -0.124. The van der Waals surface area contributed by atoms with E-state index in [1.54, 1.807) is 4.68 Å². The fourth-order valence-corrected chi connectivity index (χ4v) is 2.99. The number of hydrogen-bond acceptors (Lipinski definition) is 3. The van der Waals surface area contributed by atoms with Crippen LogP contribution in [0.2, 0.25) is 0 Å². The number of para-hydroxylation sites is 1. The number of halogens is 1. The quantitative estimate of drug-likeness (QED) is 0.866. The van der Waals surface area contributed by atoms with Gasteiger partial charge in [-0.1, -0.05) is 18.2 Å². The number of aryl methyl sites for hydroxylation is 2. The summed E-state index contributed by atoms with van der Waals surface area (Å²) >= 11 is 3.49. The first-order valence-electron chi connectivity index (χ1n) is 6.51. The highest BCUT2D eigenvalue weighted by Crippen LogP contribution is 2.29. The van der Waals surface area contributed by atoms with Crippen molar-refractivity contribution in [3.05, 3.63) is 45.7 Å². The van der Waals surface area contributed by atoms with Crippen molar-refractivity contribution < 1.29 is 9.53 Å². The molecule has 3 rings (SSSR count). The van der Waals surface area contributed by atoms with Gasteiger partial charge in [-0.3, -0.25) is 9.48 Å². The molecule has 0 radical (unpaired) electrons. The molecule has 1 aromatic heterocycles. The predicted octanol–water partition coefficient (Wildman–Crippen LogP) is 2.61. The molecule has 1 aliphatic heterocycles. The Morgan fingerprint density at radius 1 is 1.50 bits per heavy atom. The van der Waals surface area contributed by atoms with Crippen LogP contribution in [0.1, 0.15) is 17.0 Å². The van der Waals surface area contributed by atoms with E-state index in [1.807, 2.05) is 38.2 Å². The van der Waals surface area contributed by atoms with Gasteiger partial charge in [0.15, 0.2) is 11.9 Å². The van der Waals surface area contributed by atoms with Gasteiger partial charge >= 0.3 is 0 Å². The SMILES string of the molecule is Cc1nn(C)c(CC(=O)C2Cc3ccccc3O2)c1Br. The first kappa shape index (κ1) is 13.4. The van der Waals surface area contributed by atoms with Crippen LogP contribution in [0.25, 0.3) is 0 Å². The molecule has 0 bridgehead atoms. The Morgan fingerprint density at radius 2 is 2.25 bits per heavy atom. The third-order valence-corrected chi connectivity index (χ3v) is 4.64. The molecule has 1 aliphatic rings. The van der Waals surface area contributed by atoms with Crippen LogP contribution in [0.15, 0.2) is 28.7 Å². The average molecular weight is 335 g/mol. The molecule has 0 saturated carbocycles. The van der Waals surface area contributed by atoms with Gasteiger partial charge in [-0.05, 0) is 34.5 Å². The second-order valence-electron chi connectivity index (χ2n) is 5.03. The molecule has 0 N–H and O–H groups in total. The molecular formula is C15H15BrN2O2. The summed E-state index contributed by atoms with van der Waals surface area (Å²) in [5, 5.41) is 4.31. The lowest BCUT2D eigenvalue weighted by Gasteiger charge is -2.10. The van der Waals surface area contributed by atoms with Gasteiger partial charge in [0.2, 0.25) is 0 Å². The molecule has 104 valence electrons. The molecule has 0 saturated heterocycles. The number of aromatic nitrogens is 2. The highest BCUT2D eigenvalue weighted by Gasteiger charge is 2.29. The Hall–Kier alpha value is -1.62. The number of nitrogens with zero attached hydrogens (tertiary/aromatic N) is 2. The second-order valence-corrected chi connectivity index (χ2v) is 5.82. The molecule has 5 heteroatoms. The molecule has 1 atom stereocenters. The van der Waals surface area contributed by atoms with Crippen LogP contribution in [0.4, 0.5) is 0 Å². The minimum atomic E-state index is -0.380. The second kappa shape index (κ2) is 5.05. The zero-order valence-corrected chi connectivity index (χ0v) is 13.0. The van der Waals surface area contributed by atoms with Crippen molar-refractivity contribution in [1.82, 2.24) is 9.78 Å². The maximum atomic E-state index is 12.4. The number of rotatable bonds is 3. The smallest absolute Gasteiger partial charge is 0.179 e. The van der Waals surface area contributed by atoms with Crippen molar-refractivity contribution in [3.8, 4) is 5.75 Å². The van der Waals surface area contributed by atoms with Gasteiger partial charge in [0.1, 0.15) is 5.75 Å². The van der Waals surface area contributed by atoms with Gasteiger partial charge in [0, 0.05) is 13.5 Å². The van der Waals surface area contributed by atoms with Gasteiger partial charge in [-0.2, -0.15) is 5.10 Å². The van der Waals surface area contributed by atoms with E-state index < -0.39 is 0 Å². The van der Waals surface area contributed by atoms with E-state index in [-0.39, 0.29) is 11.9 Å². The van der Waals surface area contributed by atoms with Gasteiger partial charge < -0.3 is 4.74 Å². The van der Waals surface area contributed by atoms with Crippen LogP contribution >= 0.6 is 15.9 Å². The molecule has 1 aromatic carbocycles. The summed E-state index contributed by atoms with van der Waals surface area (Å²) < 4.78 is 8.39. The number of carbonyl (C=O) groups is 1. The minimum Gasteiger partial charge on any atom is -0.482 e. The summed E-state index contributed by atoms with van der Waals surface area (Å²) in [4.78, 5) is 12.4. The van der Waals surface area contributed by atoms with Gasteiger partial charge in [0.25, 0.3) is 0 Å². The topological polar surface area (TPSA) is 44.1 Å². The summed E-state index contributed by atoms with van der Waals surface area (Å²) in [7, 11) is 1.85. The van der Waals surface area contributed by atoms with Crippen molar-refractivity contribution in [3.63, 3.8) is 0 Å². The minimum absolute atomic E-state index is 0.0879. The first-order chi connectivity index (χ1) is 9.56. The maximum absolute atomic E-state index is 12.4. The average Bonchev–Trinajstić information content (AvgIpc) is 2.95. The number of ketones is 1. The van der Waals surface area contributed by atoms with Gasteiger partial charge in [-0.15, -0.1) is 0 Å². The number of ether oxygens (including phenoxy) is 1. The number of benzene rings is 1. The predicted molar refractivity (Wildman–Crippen MR) is 78.9 cm³/mol. The van der Waals surface area contributed by atoms with E-state index in [0.717, 1.165) is 27.2 Å². The Balaban J connectivity index is 1.76. The summed E-state index contributed by atoms with van der Waals surface area (Å²) in [5.74, 6) is 0.913. The number of Topliss-reactive ketones (excluding diaryl/α,β-unsaturated/α-hetero) is 1. The molecule has 20 heavy (non-hydrogen) atoms. The summed E-state index contributed by atoms with van der Waals surface area (Å²) in [6.45, 7) is 1.92. The van der Waals surface area contributed by atoms with Crippen molar-refractivity contribution in [2.24, 2.45) is 7.05 Å². The molecule has 0 spiro atoms. The van der Waals surface area contributed by atoms with Gasteiger partial charge in [0.05, 0.1) is 22.3 Å². The van der Waals surface area contributed by atoms with E-state index >= 15 is 0 Å². The van der Waals surface area contributed by atoms with E-state index in [4.69, 9.17) is 4.74 Å². The van der Waals surface area contributed by atoms with Crippen molar-refractivity contribution >= 4 is 21.7 Å². The molecule has 1 unspecified atom stereocenters. The van der Waals surface area contributed by atoms with Crippen molar-refractivity contribution in [2.75, 3.05) is 0 Å². The number of fused-ring (bicyclic) bond motifs is 1. The van der Waals surface area contributed by atoms with Crippen LogP contribution in [-0.4, -0.2) is 21.7 Å². The third kappa shape index (κ3) is 2.26. The van der Waals surface area contributed by atoms with Crippen molar-refractivity contribution in [2.45, 2.75) is 25.9 Å². The summed E-state index contributed by atoms with van der Waals surface area (Å²) in [5.41, 5.74) is 2.89.